The van der Waals surface area contributed by atoms with Gasteiger partial charge in [-0.1, -0.05) is 220 Å². The third-order valence-electron chi connectivity index (χ3n) is 16.5. The minimum Gasteiger partial charge on any atom is -0.309 e. The van der Waals surface area contributed by atoms with Crippen LogP contribution < -0.4 is 4.90 Å². The Morgan fingerprint density at radius 1 is 0.286 bits per heavy atom. The van der Waals surface area contributed by atoms with E-state index in [0.717, 1.165) is 89.3 Å². The van der Waals surface area contributed by atoms with Crippen LogP contribution in [-0.4, -0.2) is 39.0 Å². The van der Waals surface area contributed by atoms with Crippen molar-refractivity contribution in [1.29, 1.82) is 0 Å². The van der Waals surface area contributed by atoms with E-state index in [1.807, 2.05) is 121 Å². The van der Waals surface area contributed by atoms with E-state index in [2.05, 4.69) is 180 Å². The van der Waals surface area contributed by atoms with Gasteiger partial charge in [0.25, 0.3) is 0 Å². The zero-order valence-electron chi connectivity index (χ0n) is 46.0. The molecule has 0 amide bonds. The summed E-state index contributed by atoms with van der Waals surface area (Å²) < 4.78 is 4.82. The third-order valence-corrected chi connectivity index (χ3v) is 16.5. The Kier molecular flexibility index (Phi) is 11.3. The van der Waals surface area contributed by atoms with Crippen molar-refractivity contribution in [1.82, 2.24) is 39.0 Å². The average Bonchev–Trinajstić information content (AvgIpc) is 1.48. The number of anilines is 3. The Bertz CT molecular complexity index is 4920. The average molecular weight is 1080 g/mol. The Morgan fingerprint density at radius 3 is 1.08 bits per heavy atom. The van der Waals surface area contributed by atoms with Gasteiger partial charge in [0.2, 0.25) is 0 Å². The normalized spacial score (nSPS) is 12.7. The van der Waals surface area contributed by atoms with E-state index in [1.165, 1.54) is 27.3 Å². The number of rotatable bonds is 9. The molecule has 9 heteroatoms. The lowest BCUT2D eigenvalue weighted by Crippen LogP contribution is -2.31. The number of benzene rings is 11. The fraction of sp³-hybridized carbons (Fsp3) is 0.0400. The second-order valence-corrected chi connectivity index (χ2v) is 21.9. The van der Waals surface area contributed by atoms with Crippen LogP contribution in [0.2, 0.25) is 0 Å². The molecule has 396 valence electrons. The van der Waals surface area contributed by atoms with Gasteiger partial charge in [-0.25, -0.2) is 29.9 Å². The van der Waals surface area contributed by atoms with Crippen molar-refractivity contribution in [3.63, 3.8) is 0 Å². The first-order chi connectivity index (χ1) is 41.4. The van der Waals surface area contributed by atoms with Crippen molar-refractivity contribution in [2.75, 3.05) is 4.90 Å². The predicted molar refractivity (Wildman–Crippen MR) is 341 cm³/mol. The molecule has 84 heavy (non-hydrogen) atoms. The van der Waals surface area contributed by atoms with Gasteiger partial charge in [0.15, 0.2) is 34.9 Å². The summed E-state index contributed by atoms with van der Waals surface area (Å²) in [6, 6.07) is 95.7. The van der Waals surface area contributed by atoms with Crippen LogP contribution in [0.25, 0.3) is 123 Å². The summed E-state index contributed by atoms with van der Waals surface area (Å²) in [5.41, 5.74) is 17.4. The summed E-state index contributed by atoms with van der Waals surface area (Å²) in [5, 5.41) is 4.74. The van der Waals surface area contributed by atoms with Crippen LogP contribution in [0.3, 0.4) is 0 Å². The molecule has 15 aromatic rings. The van der Waals surface area contributed by atoms with Crippen molar-refractivity contribution in [2.45, 2.75) is 19.3 Å². The molecule has 5 heterocycles. The second kappa shape index (κ2) is 19.5. The molecule has 0 bridgehead atoms. The molecule has 0 atom stereocenters. The van der Waals surface area contributed by atoms with Crippen LogP contribution in [0, 0.1) is 0 Å². The molecule has 0 saturated heterocycles. The molecule has 16 rings (SSSR count). The summed E-state index contributed by atoms with van der Waals surface area (Å²) in [6.07, 6.45) is 0. The molecule has 4 aromatic heterocycles. The number of hydrogen-bond acceptors (Lipinski definition) is 7. The zero-order valence-corrected chi connectivity index (χ0v) is 46.0. The Hall–Kier alpha value is -11.2. The molecule has 0 fully saturated rings. The Labute approximate surface area is 485 Å². The van der Waals surface area contributed by atoms with Crippen LogP contribution >= 0.6 is 0 Å². The number of aromatic nitrogens is 8. The van der Waals surface area contributed by atoms with Crippen LogP contribution in [0.5, 0.6) is 0 Å². The maximum atomic E-state index is 5.14. The van der Waals surface area contributed by atoms with Crippen LogP contribution in [0.15, 0.2) is 273 Å². The van der Waals surface area contributed by atoms with Crippen molar-refractivity contribution in [3.8, 4) is 79.7 Å². The molecule has 0 spiro atoms. The van der Waals surface area contributed by atoms with E-state index < -0.39 is 5.41 Å². The smallest absolute Gasteiger partial charge is 0.164 e. The van der Waals surface area contributed by atoms with E-state index in [4.69, 9.17) is 29.9 Å². The van der Waals surface area contributed by atoms with Gasteiger partial charge in [-0.3, -0.25) is 0 Å². The Morgan fingerprint density at radius 2 is 0.631 bits per heavy atom. The molecule has 1 aliphatic heterocycles. The van der Waals surface area contributed by atoms with Gasteiger partial charge in [0, 0.05) is 77.4 Å². The first-order valence-electron chi connectivity index (χ1n) is 28.4. The highest BCUT2D eigenvalue weighted by atomic mass is 15.2. The summed E-state index contributed by atoms with van der Waals surface area (Å²) in [7, 11) is 0. The van der Waals surface area contributed by atoms with E-state index in [0.29, 0.717) is 34.9 Å². The molecule has 0 saturated carbocycles. The summed E-state index contributed by atoms with van der Waals surface area (Å²) >= 11 is 0. The first kappa shape index (κ1) is 48.7. The molecule has 0 radical (unpaired) electrons. The van der Waals surface area contributed by atoms with Gasteiger partial charge < -0.3 is 14.0 Å². The van der Waals surface area contributed by atoms with E-state index in [1.54, 1.807) is 0 Å². The standard InChI is InChI=1S/C75H51N9/c1-75(2)59-42-43-63-66(58-39-19-21-41-61(58)83(63)56-37-23-33-53(47-56)74-80-71(50-28-12-5-13-29-50)77-72(81-74)51-30-14-6-15-31-51)68(59)84(54-34-16-7-17-35-54)64-45-44-62-65(67(64)75)57-38-18-20-40-60(57)82(62)55-36-22-32-52(46-55)73-78-69(48-24-8-3-9-25-48)76-70(79-73)49-26-10-4-11-27-49/h3-47H,1-2H3. The van der Waals surface area contributed by atoms with Gasteiger partial charge in [-0.05, 0) is 77.9 Å². The quantitative estimate of drug-likeness (QED) is 0.142. The second-order valence-electron chi connectivity index (χ2n) is 21.9. The highest BCUT2D eigenvalue weighted by molar-refractivity contribution is 6.20. The molecule has 11 aromatic carbocycles. The summed E-state index contributed by atoms with van der Waals surface area (Å²) in [6.45, 7) is 4.82. The minimum absolute atomic E-state index is 0.484. The van der Waals surface area contributed by atoms with Gasteiger partial charge >= 0.3 is 0 Å². The van der Waals surface area contributed by atoms with Crippen molar-refractivity contribution >= 4 is 60.7 Å². The molecular weight excluding hydrogens is 1030 g/mol. The van der Waals surface area contributed by atoms with E-state index in [9.17, 15) is 0 Å². The monoisotopic (exact) mass is 1080 g/mol. The molecule has 9 nitrogen and oxygen atoms in total. The fourth-order valence-electron chi connectivity index (χ4n) is 12.7. The van der Waals surface area contributed by atoms with Gasteiger partial charge in [-0.2, -0.15) is 0 Å². The molecule has 0 N–H and O–H groups in total. The highest BCUT2D eigenvalue weighted by Gasteiger charge is 2.41. The van der Waals surface area contributed by atoms with E-state index in [-0.39, 0.29) is 0 Å². The fourth-order valence-corrected chi connectivity index (χ4v) is 12.7. The maximum Gasteiger partial charge on any atom is 0.164 e. The van der Waals surface area contributed by atoms with Crippen LogP contribution in [0.4, 0.5) is 17.1 Å². The minimum atomic E-state index is -0.484. The van der Waals surface area contributed by atoms with Crippen LogP contribution in [-0.2, 0) is 5.41 Å². The summed E-state index contributed by atoms with van der Waals surface area (Å²) in [5.74, 6) is 3.72. The first-order valence-corrected chi connectivity index (χ1v) is 28.4. The molecule has 1 aliphatic rings. The van der Waals surface area contributed by atoms with Gasteiger partial charge in [-0.15, -0.1) is 0 Å². The molecular formula is C75H51N9. The Balaban J connectivity index is 0.879. The maximum absolute atomic E-state index is 5.14. The SMILES string of the molecule is CC1(C)c2ccc3c(c2N(c2ccccc2)c2ccc4c(c21)c1ccccc1n4-c1cccc(-c2nc(-c4ccccc4)nc(-c4ccccc4)n2)c1)c1ccccc1n3-c1cccc(-c2nc(-c3ccccc3)nc(-c3ccccc3)n2)c1. The largest absolute Gasteiger partial charge is 0.309 e. The lowest BCUT2D eigenvalue weighted by molar-refractivity contribution is 0.639. The molecule has 0 unspecified atom stereocenters. The highest BCUT2D eigenvalue weighted by Crippen LogP contribution is 2.58. The number of fused-ring (bicyclic) bond motifs is 10. The van der Waals surface area contributed by atoms with Crippen molar-refractivity contribution < 1.29 is 0 Å². The number of para-hydroxylation sites is 3. The lowest BCUT2D eigenvalue weighted by Gasteiger charge is -2.43. The zero-order chi connectivity index (χ0) is 55.9. The van der Waals surface area contributed by atoms with Crippen molar-refractivity contribution in [2.24, 2.45) is 0 Å². The topological polar surface area (TPSA) is 90.4 Å². The van der Waals surface area contributed by atoms with E-state index >= 15 is 0 Å². The summed E-state index contributed by atoms with van der Waals surface area (Å²) in [4.78, 5) is 33.1. The van der Waals surface area contributed by atoms with Gasteiger partial charge in [0.05, 0.1) is 33.4 Å². The van der Waals surface area contributed by atoms with Crippen LogP contribution in [0.1, 0.15) is 25.0 Å². The van der Waals surface area contributed by atoms with Gasteiger partial charge in [0.1, 0.15) is 0 Å². The molecule has 0 aliphatic carbocycles. The predicted octanol–water partition coefficient (Wildman–Crippen LogP) is 18.4. The number of hydrogen-bond donors (Lipinski definition) is 0. The van der Waals surface area contributed by atoms with Crippen molar-refractivity contribution in [3.05, 3.63) is 284 Å². The lowest BCUT2D eigenvalue weighted by atomic mass is 9.71. The third kappa shape index (κ3) is 7.92. The number of nitrogens with zero attached hydrogens (tertiary/aromatic N) is 9.